The van der Waals surface area contributed by atoms with Gasteiger partial charge in [0.2, 0.25) is 0 Å². The van der Waals surface area contributed by atoms with Crippen LogP contribution in [0.3, 0.4) is 0 Å². The average molecular weight is 209 g/mol. The monoisotopic (exact) mass is 209 g/mol. The van der Waals surface area contributed by atoms with Crippen molar-refractivity contribution < 1.29 is 9.15 Å². The minimum absolute atomic E-state index is 0.0427. The molecule has 3 nitrogen and oxygen atoms in total. The number of furan rings is 1. The maximum atomic E-state index is 6.05. The molecular weight excluding hydrogens is 190 g/mol. The van der Waals surface area contributed by atoms with Gasteiger partial charge in [-0.15, -0.1) is 0 Å². The van der Waals surface area contributed by atoms with Crippen LogP contribution in [0.1, 0.15) is 32.6 Å². The maximum absolute atomic E-state index is 6.05. The second-order valence-electron chi connectivity index (χ2n) is 4.55. The zero-order chi connectivity index (χ0) is 10.8. The minimum Gasteiger partial charge on any atom is -0.467 e. The first-order chi connectivity index (χ1) is 7.18. The molecule has 2 rings (SSSR count). The van der Waals surface area contributed by atoms with Crippen molar-refractivity contribution in [1.82, 2.24) is 5.32 Å². The normalized spacial score (nSPS) is 32.1. The van der Waals surface area contributed by atoms with E-state index in [0.29, 0.717) is 12.0 Å². The van der Waals surface area contributed by atoms with E-state index in [2.05, 4.69) is 26.1 Å². The molecule has 0 spiro atoms. The highest BCUT2D eigenvalue weighted by Gasteiger charge is 2.32. The molecule has 1 aromatic heterocycles. The molecule has 1 fully saturated rings. The number of morpholine rings is 1. The van der Waals surface area contributed by atoms with Crippen LogP contribution in [0.25, 0.3) is 0 Å². The van der Waals surface area contributed by atoms with Crippen molar-refractivity contribution in [3.63, 3.8) is 0 Å². The minimum atomic E-state index is 0.0427. The quantitative estimate of drug-likeness (QED) is 0.812. The van der Waals surface area contributed by atoms with Crippen LogP contribution in [0.4, 0.5) is 0 Å². The Hall–Kier alpha value is -0.800. The molecule has 3 atom stereocenters. The lowest BCUT2D eigenvalue weighted by molar-refractivity contribution is -0.0889. The summed E-state index contributed by atoms with van der Waals surface area (Å²) in [5.41, 5.74) is 0. The Balaban J connectivity index is 2.09. The first-order valence-corrected chi connectivity index (χ1v) is 5.60. The lowest BCUT2D eigenvalue weighted by Gasteiger charge is -2.36. The van der Waals surface area contributed by atoms with Gasteiger partial charge in [-0.1, -0.05) is 13.8 Å². The second-order valence-corrected chi connectivity index (χ2v) is 4.55. The fourth-order valence-electron chi connectivity index (χ4n) is 1.92. The highest BCUT2D eigenvalue weighted by atomic mass is 16.5. The molecular formula is C12H19NO2. The summed E-state index contributed by atoms with van der Waals surface area (Å²) in [5, 5.41) is 3.47. The van der Waals surface area contributed by atoms with Crippen molar-refractivity contribution in [2.24, 2.45) is 5.92 Å². The largest absolute Gasteiger partial charge is 0.467 e. The summed E-state index contributed by atoms with van der Waals surface area (Å²) >= 11 is 0. The van der Waals surface area contributed by atoms with Gasteiger partial charge in [0, 0.05) is 12.6 Å². The van der Waals surface area contributed by atoms with Crippen LogP contribution >= 0.6 is 0 Å². The summed E-state index contributed by atoms with van der Waals surface area (Å²) in [6.07, 6.45) is 2.02. The Morgan fingerprint density at radius 1 is 1.47 bits per heavy atom. The Morgan fingerprint density at radius 3 is 2.87 bits per heavy atom. The number of hydrogen-bond acceptors (Lipinski definition) is 3. The molecule has 1 saturated heterocycles. The predicted octanol–water partition coefficient (Wildman–Crippen LogP) is 2.35. The molecule has 0 amide bonds. The van der Waals surface area contributed by atoms with Crippen LogP contribution in [0, 0.1) is 5.92 Å². The van der Waals surface area contributed by atoms with Gasteiger partial charge in [-0.2, -0.15) is 0 Å². The molecule has 0 aliphatic carbocycles. The molecule has 3 heteroatoms. The van der Waals surface area contributed by atoms with Crippen molar-refractivity contribution in [2.45, 2.75) is 39.0 Å². The van der Waals surface area contributed by atoms with E-state index in [0.717, 1.165) is 12.3 Å². The maximum Gasteiger partial charge on any atom is 0.134 e. The van der Waals surface area contributed by atoms with Gasteiger partial charge < -0.3 is 14.5 Å². The van der Waals surface area contributed by atoms with Crippen LogP contribution in [-0.4, -0.2) is 18.7 Å². The summed E-state index contributed by atoms with van der Waals surface area (Å²) in [6.45, 7) is 7.42. The standard InChI is InChI=1S/C12H19NO2/c1-8(2)11-7-13-9(3)12(15-11)10-5-4-6-14-10/h4-6,8-9,11-13H,7H2,1-3H3. The van der Waals surface area contributed by atoms with Crippen LogP contribution in [0.2, 0.25) is 0 Å². The number of hydrogen-bond donors (Lipinski definition) is 1. The molecule has 3 unspecified atom stereocenters. The molecule has 0 aromatic carbocycles. The Bertz CT molecular complexity index is 295. The van der Waals surface area contributed by atoms with Crippen molar-refractivity contribution in [3.05, 3.63) is 24.2 Å². The Labute approximate surface area is 90.8 Å². The molecule has 1 N–H and O–H groups in total. The second kappa shape index (κ2) is 4.37. The SMILES string of the molecule is CC(C)C1CNC(C)C(c2ccco2)O1. The zero-order valence-corrected chi connectivity index (χ0v) is 9.57. The summed E-state index contributed by atoms with van der Waals surface area (Å²) in [6, 6.07) is 4.20. The van der Waals surface area contributed by atoms with Crippen molar-refractivity contribution >= 4 is 0 Å². The van der Waals surface area contributed by atoms with Gasteiger partial charge in [0.25, 0.3) is 0 Å². The average Bonchev–Trinajstić information content (AvgIpc) is 2.71. The fourth-order valence-corrected chi connectivity index (χ4v) is 1.92. The third-order valence-electron chi connectivity index (χ3n) is 2.98. The van der Waals surface area contributed by atoms with E-state index in [1.807, 2.05) is 12.1 Å². The summed E-state index contributed by atoms with van der Waals surface area (Å²) in [4.78, 5) is 0. The Kier molecular flexibility index (Phi) is 3.12. The van der Waals surface area contributed by atoms with E-state index < -0.39 is 0 Å². The third-order valence-corrected chi connectivity index (χ3v) is 2.98. The highest BCUT2D eigenvalue weighted by molar-refractivity contribution is 5.06. The fraction of sp³-hybridized carbons (Fsp3) is 0.667. The molecule has 1 aromatic rings. The number of rotatable bonds is 2. The molecule has 2 heterocycles. The van der Waals surface area contributed by atoms with Crippen molar-refractivity contribution in [3.8, 4) is 0 Å². The molecule has 0 saturated carbocycles. The molecule has 84 valence electrons. The molecule has 15 heavy (non-hydrogen) atoms. The van der Waals surface area contributed by atoms with Gasteiger partial charge >= 0.3 is 0 Å². The van der Waals surface area contributed by atoms with Crippen molar-refractivity contribution in [2.75, 3.05) is 6.54 Å². The van der Waals surface area contributed by atoms with Gasteiger partial charge in [0.15, 0.2) is 0 Å². The van der Waals surface area contributed by atoms with Crippen molar-refractivity contribution in [1.29, 1.82) is 0 Å². The molecule has 0 radical (unpaired) electrons. The summed E-state index contributed by atoms with van der Waals surface area (Å²) in [5.74, 6) is 1.45. The van der Waals surface area contributed by atoms with E-state index in [1.54, 1.807) is 6.26 Å². The zero-order valence-electron chi connectivity index (χ0n) is 9.57. The van der Waals surface area contributed by atoms with E-state index in [1.165, 1.54) is 0 Å². The molecule has 0 bridgehead atoms. The van der Waals surface area contributed by atoms with Gasteiger partial charge in [0.05, 0.1) is 12.4 Å². The number of ether oxygens (including phenoxy) is 1. The van der Waals surface area contributed by atoms with Gasteiger partial charge in [-0.25, -0.2) is 0 Å². The lowest BCUT2D eigenvalue weighted by Crippen LogP contribution is -2.48. The van der Waals surface area contributed by atoms with Crippen LogP contribution in [0.15, 0.2) is 22.8 Å². The third kappa shape index (κ3) is 2.24. The lowest BCUT2D eigenvalue weighted by atomic mass is 10.0. The first-order valence-electron chi connectivity index (χ1n) is 5.60. The summed E-state index contributed by atoms with van der Waals surface area (Å²) < 4.78 is 11.5. The van der Waals surface area contributed by atoms with E-state index in [9.17, 15) is 0 Å². The van der Waals surface area contributed by atoms with Crippen LogP contribution in [-0.2, 0) is 4.74 Å². The smallest absolute Gasteiger partial charge is 0.134 e. The van der Waals surface area contributed by atoms with Crippen LogP contribution < -0.4 is 5.32 Å². The van der Waals surface area contributed by atoms with Gasteiger partial charge in [0.1, 0.15) is 11.9 Å². The topological polar surface area (TPSA) is 34.4 Å². The first kappa shape index (κ1) is 10.7. The highest BCUT2D eigenvalue weighted by Crippen LogP contribution is 2.28. The van der Waals surface area contributed by atoms with Gasteiger partial charge in [-0.05, 0) is 25.0 Å². The van der Waals surface area contributed by atoms with E-state index in [-0.39, 0.29) is 12.2 Å². The van der Waals surface area contributed by atoms with Gasteiger partial charge in [-0.3, -0.25) is 0 Å². The number of nitrogens with one attached hydrogen (secondary N) is 1. The van der Waals surface area contributed by atoms with Crippen LogP contribution in [0.5, 0.6) is 0 Å². The van der Waals surface area contributed by atoms with E-state index in [4.69, 9.17) is 9.15 Å². The predicted molar refractivity (Wildman–Crippen MR) is 58.6 cm³/mol. The Morgan fingerprint density at radius 2 is 2.27 bits per heavy atom. The van der Waals surface area contributed by atoms with E-state index >= 15 is 0 Å². The molecule has 1 aliphatic rings. The summed E-state index contributed by atoms with van der Waals surface area (Å²) in [7, 11) is 0. The molecule has 1 aliphatic heterocycles.